The molecule has 0 bridgehead atoms. The van der Waals surface area contributed by atoms with Gasteiger partial charge in [0.2, 0.25) is 0 Å². The Balaban J connectivity index is 1.89. The Morgan fingerprint density at radius 1 is 0.667 bits per heavy atom. The van der Waals surface area contributed by atoms with Crippen LogP contribution in [0.2, 0.25) is 0 Å². The molecule has 0 saturated carbocycles. The summed E-state index contributed by atoms with van der Waals surface area (Å²) in [6, 6.07) is 28.6. The first kappa shape index (κ1) is 14.4. The highest BCUT2D eigenvalue weighted by Crippen LogP contribution is 2.28. The van der Waals surface area contributed by atoms with E-state index in [1.807, 2.05) is 59.3 Å². The van der Waals surface area contributed by atoms with Crippen LogP contribution in [0.1, 0.15) is 0 Å². The first-order chi connectivity index (χ1) is 11.8. The van der Waals surface area contributed by atoms with E-state index in [-0.39, 0.29) is 5.82 Å². The maximum Gasteiger partial charge on any atom is 0.123 e. The van der Waals surface area contributed by atoms with Gasteiger partial charge in [-0.2, -0.15) is 5.10 Å². The zero-order valence-corrected chi connectivity index (χ0v) is 12.9. The Kier molecular flexibility index (Phi) is 3.67. The maximum absolute atomic E-state index is 13.2. The van der Waals surface area contributed by atoms with Gasteiger partial charge in [-0.3, -0.25) is 0 Å². The fraction of sp³-hybridized carbons (Fsp3) is 0. The Bertz CT molecular complexity index is 885. The van der Waals surface area contributed by atoms with Crippen molar-refractivity contribution in [2.24, 2.45) is 0 Å². The average molecular weight is 314 g/mol. The first-order valence-electron chi connectivity index (χ1n) is 7.78. The van der Waals surface area contributed by atoms with E-state index in [0.29, 0.717) is 0 Å². The maximum atomic E-state index is 13.2. The second-order valence-electron chi connectivity index (χ2n) is 5.54. The highest BCUT2D eigenvalue weighted by atomic mass is 19.1. The van der Waals surface area contributed by atoms with Crippen LogP contribution >= 0.6 is 0 Å². The van der Waals surface area contributed by atoms with E-state index < -0.39 is 0 Å². The standard InChI is InChI=1S/C21H15FN2/c22-18-13-11-16(12-14-18)20-15-21(17-7-3-1-4-8-17)24(23-20)19-9-5-2-6-10-19/h1-15H. The van der Waals surface area contributed by atoms with Crippen LogP contribution in [-0.2, 0) is 0 Å². The molecule has 1 aromatic heterocycles. The van der Waals surface area contributed by atoms with Gasteiger partial charge < -0.3 is 0 Å². The molecule has 0 unspecified atom stereocenters. The molecule has 0 atom stereocenters. The third-order valence-corrected chi connectivity index (χ3v) is 3.92. The molecule has 0 N–H and O–H groups in total. The molecule has 116 valence electrons. The van der Waals surface area contributed by atoms with Crippen LogP contribution in [0, 0.1) is 5.82 Å². The first-order valence-corrected chi connectivity index (χ1v) is 7.78. The van der Waals surface area contributed by atoms with Gasteiger partial charge in [-0.25, -0.2) is 9.07 Å². The Labute approximate surface area is 139 Å². The quantitative estimate of drug-likeness (QED) is 0.499. The van der Waals surface area contributed by atoms with Crippen molar-refractivity contribution in [3.8, 4) is 28.2 Å². The molecule has 0 aliphatic carbocycles. The number of aromatic nitrogens is 2. The molecule has 0 aliphatic heterocycles. The van der Waals surface area contributed by atoms with E-state index in [0.717, 1.165) is 28.2 Å². The smallest absolute Gasteiger partial charge is 0.123 e. The molecule has 0 saturated heterocycles. The van der Waals surface area contributed by atoms with Crippen molar-refractivity contribution in [3.05, 3.63) is 96.8 Å². The summed E-state index contributed by atoms with van der Waals surface area (Å²) in [5.74, 6) is -0.246. The molecule has 24 heavy (non-hydrogen) atoms. The lowest BCUT2D eigenvalue weighted by Gasteiger charge is -2.07. The topological polar surface area (TPSA) is 17.8 Å². The lowest BCUT2D eigenvalue weighted by molar-refractivity contribution is 0.628. The Hall–Kier alpha value is -3.20. The van der Waals surface area contributed by atoms with Crippen LogP contribution in [0.3, 0.4) is 0 Å². The summed E-state index contributed by atoms with van der Waals surface area (Å²) in [7, 11) is 0. The van der Waals surface area contributed by atoms with Crippen molar-refractivity contribution in [1.29, 1.82) is 0 Å². The third-order valence-electron chi connectivity index (χ3n) is 3.92. The third kappa shape index (κ3) is 2.72. The highest BCUT2D eigenvalue weighted by molar-refractivity contribution is 5.70. The van der Waals surface area contributed by atoms with Crippen LogP contribution in [-0.4, -0.2) is 9.78 Å². The van der Waals surface area contributed by atoms with Crippen LogP contribution < -0.4 is 0 Å². The van der Waals surface area contributed by atoms with Gasteiger partial charge in [0.05, 0.1) is 17.1 Å². The second kappa shape index (κ2) is 6.13. The molecule has 0 radical (unpaired) electrons. The van der Waals surface area contributed by atoms with Crippen LogP contribution in [0.4, 0.5) is 4.39 Å². The van der Waals surface area contributed by atoms with Gasteiger partial charge in [0.1, 0.15) is 5.82 Å². The van der Waals surface area contributed by atoms with Gasteiger partial charge in [-0.05, 0) is 42.5 Å². The fourth-order valence-corrected chi connectivity index (χ4v) is 2.72. The molecule has 2 nitrogen and oxygen atoms in total. The highest BCUT2D eigenvalue weighted by Gasteiger charge is 2.12. The number of nitrogens with zero attached hydrogens (tertiary/aromatic N) is 2. The van der Waals surface area contributed by atoms with E-state index >= 15 is 0 Å². The molecular weight excluding hydrogens is 299 g/mol. The van der Waals surface area contributed by atoms with Gasteiger partial charge in [0.15, 0.2) is 0 Å². The summed E-state index contributed by atoms with van der Waals surface area (Å²) >= 11 is 0. The molecule has 0 fully saturated rings. The van der Waals surface area contributed by atoms with Gasteiger partial charge in [-0.15, -0.1) is 0 Å². The molecule has 4 aromatic rings. The van der Waals surface area contributed by atoms with E-state index in [2.05, 4.69) is 12.1 Å². The molecule has 0 aliphatic rings. The average Bonchev–Trinajstić information content (AvgIpc) is 3.09. The minimum Gasteiger partial charge on any atom is -0.232 e. The normalized spacial score (nSPS) is 10.7. The monoisotopic (exact) mass is 314 g/mol. The summed E-state index contributed by atoms with van der Waals surface area (Å²) in [4.78, 5) is 0. The number of halogens is 1. The van der Waals surface area contributed by atoms with Crippen LogP contribution in [0.15, 0.2) is 91.0 Å². The lowest BCUT2D eigenvalue weighted by Crippen LogP contribution is -1.98. The number of hydrogen-bond acceptors (Lipinski definition) is 1. The van der Waals surface area contributed by atoms with Crippen molar-refractivity contribution < 1.29 is 4.39 Å². The summed E-state index contributed by atoms with van der Waals surface area (Å²) in [6.07, 6.45) is 0. The van der Waals surface area contributed by atoms with E-state index in [9.17, 15) is 4.39 Å². The number of benzene rings is 3. The zero-order valence-electron chi connectivity index (χ0n) is 12.9. The minimum absolute atomic E-state index is 0.246. The van der Waals surface area contributed by atoms with Crippen molar-refractivity contribution in [1.82, 2.24) is 9.78 Å². The van der Waals surface area contributed by atoms with Crippen molar-refractivity contribution in [2.45, 2.75) is 0 Å². The Morgan fingerprint density at radius 2 is 1.29 bits per heavy atom. The van der Waals surface area contributed by atoms with Gasteiger partial charge >= 0.3 is 0 Å². The number of rotatable bonds is 3. The molecular formula is C21H15FN2. The summed E-state index contributed by atoms with van der Waals surface area (Å²) in [5.41, 5.74) is 4.79. The predicted molar refractivity (Wildman–Crippen MR) is 94.4 cm³/mol. The predicted octanol–water partition coefficient (Wildman–Crippen LogP) is 5.35. The van der Waals surface area contributed by atoms with Gasteiger partial charge in [-0.1, -0.05) is 48.5 Å². The SMILES string of the molecule is Fc1ccc(-c2cc(-c3ccccc3)n(-c3ccccc3)n2)cc1. The lowest BCUT2D eigenvalue weighted by atomic mass is 10.1. The fourth-order valence-electron chi connectivity index (χ4n) is 2.72. The van der Waals surface area contributed by atoms with Crippen LogP contribution in [0.5, 0.6) is 0 Å². The van der Waals surface area contributed by atoms with Crippen molar-refractivity contribution in [3.63, 3.8) is 0 Å². The summed E-state index contributed by atoms with van der Waals surface area (Å²) < 4.78 is 15.1. The van der Waals surface area contributed by atoms with Crippen molar-refractivity contribution >= 4 is 0 Å². The molecule has 0 amide bonds. The zero-order chi connectivity index (χ0) is 16.4. The number of hydrogen-bond donors (Lipinski definition) is 0. The largest absolute Gasteiger partial charge is 0.232 e. The summed E-state index contributed by atoms with van der Waals surface area (Å²) in [6.45, 7) is 0. The molecule has 4 rings (SSSR count). The van der Waals surface area contributed by atoms with Gasteiger partial charge in [0.25, 0.3) is 0 Å². The Morgan fingerprint density at radius 3 is 1.96 bits per heavy atom. The molecule has 3 heteroatoms. The summed E-state index contributed by atoms with van der Waals surface area (Å²) in [5, 5.41) is 4.75. The van der Waals surface area contributed by atoms with Crippen LogP contribution in [0.25, 0.3) is 28.2 Å². The second-order valence-corrected chi connectivity index (χ2v) is 5.54. The minimum atomic E-state index is -0.246. The van der Waals surface area contributed by atoms with E-state index in [4.69, 9.17) is 5.10 Å². The van der Waals surface area contributed by atoms with E-state index in [1.54, 1.807) is 12.1 Å². The van der Waals surface area contributed by atoms with Crippen molar-refractivity contribution in [2.75, 3.05) is 0 Å². The molecule has 3 aromatic carbocycles. The molecule has 1 heterocycles. The van der Waals surface area contributed by atoms with Gasteiger partial charge in [0, 0.05) is 11.1 Å². The number of para-hydroxylation sites is 1. The van der Waals surface area contributed by atoms with E-state index in [1.165, 1.54) is 12.1 Å². The molecule has 0 spiro atoms.